The van der Waals surface area contributed by atoms with Gasteiger partial charge in [-0.2, -0.15) is 0 Å². The highest BCUT2D eigenvalue weighted by molar-refractivity contribution is 5.79. The van der Waals surface area contributed by atoms with E-state index in [-0.39, 0.29) is 17.9 Å². The molecule has 3 nitrogen and oxygen atoms in total. The zero-order chi connectivity index (χ0) is 13.8. The first-order valence-electron chi connectivity index (χ1n) is 7.21. The van der Waals surface area contributed by atoms with Gasteiger partial charge in [-0.1, -0.05) is 32.0 Å². The maximum Gasteiger partial charge on any atom is 0.226 e. The Morgan fingerprint density at radius 1 is 1.37 bits per heavy atom. The highest BCUT2D eigenvalue weighted by atomic mass is 16.5. The molecular weight excluding hydrogens is 238 g/mol. The van der Waals surface area contributed by atoms with E-state index in [0.29, 0.717) is 13.2 Å². The van der Waals surface area contributed by atoms with E-state index in [1.165, 1.54) is 0 Å². The van der Waals surface area contributed by atoms with Crippen LogP contribution in [0.3, 0.4) is 0 Å². The van der Waals surface area contributed by atoms with Crippen LogP contribution in [0.25, 0.3) is 0 Å². The molecule has 1 heterocycles. The Kier molecular flexibility index (Phi) is 4.46. The highest BCUT2D eigenvalue weighted by Gasteiger charge is 2.29. The standard InChI is InChI=1S/C16H23NO2/c1-4-13(5-2)16(18)17-10-11-19-15-9-7-6-8-14(15)12(17)3/h6-9,12-13H,4-5,10-11H2,1-3H3. The average Bonchev–Trinajstić information content (AvgIpc) is 2.60. The van der Waals surface area contributed by atoms with E-state index in [1.807, 2.05) is 23.1 Å². The lowest BCUT2D eigenvalue weighted by molar-refractivity contribution is -0.138. The van der Waals surface area contributed by atoms with Gasteiger partial charge in [-0.3, -0.25) is 4.79 Å². The molecule has 1 aliphatic rings. The largest absolute Gasteiger partial charge is 0.491 e. The molecular formula is C16H23NO2. The lowest BCUT2D eigenvalue weighted by Crippen LogP contribution is -2.39. The van der Waals surface area contributed by atoms with E-state index in [2.05, 4.69) is 26.8 Å². The second-order valence-corrected chi connectivity index (χ2v) is 5.11. The molecule has 0 aromatic heterocycles. The molecule has 1 aliphatic heterocycles. The van der Waals surface area contributed by atoms with Gasteiger partial charge in [0, 0.05) is 11.5 Å². The summed E-state index contributed by atoms with van der Waals surface area (Å²) in [6.45, 7) is 7.50. The molecule has 104 valence electrons. The third kappa shape index (κ3) is 2.75. The molecule has 1 unspecified atom stereocenters. The number of fused-ring (bicyclic) bond motifs is 1. The van der Waals surface area contributed by atoms with Gasteiger partial charge in [0.2, 0.25) is 5.91 Å². The number of carbonyl (C=O) groups is 1. The van der Waals surface area contributed by atoms with Gasteiger partial charge < -0.3 is 9.64 Å². The minimum Gasteiger partial charge on any atom is -0.491 e. The highest BCUT2D eigenvalue weighted by Crippen LogP contribution is 2.32. The van der Waals surface area contributed by atoms with E-state index in [0.717, 1.165) is 24.2 Å². The predicted octanol–water partition coefficient (Wildman–Crippen LogP) is 3.40. The van der Waals surface area contributed by atoms with Crippen molar-refractivity contribution >= 4 is 5.91 Å². The summed E-state index contributed by atoms with van der Waals surface area (Å²) in [6, 6.07) is 8.11. The van der Waals surface area contributed by atoms with Crippen molar-refractivity contribution in [3.63, 3.8) is 0 Å². The van der Waals surface area contributed by atoms with Gasteiger partial charge in [0.05, 0.1) is 12.6 Å². The number of nitrogens with zero attached hydrogens (tertiary/aromatic N) is 1. The van der Waals surface area contributed by atoms with Gasteiger partial charge in [0.25, 0.3) is 0 Å². The Hall–Kier alpha value is -1.51. The first-order chi connectivity index (χ1) is 9.19. The molecule has 0 spiro atoms. The topological polar surface area (TPSA) is 29.5 Å². The number of amides is 1. The second kappa shape index (κ2) is 6.09. The van der Waals surface area contributed by atoms with Crippen LogP contribution in [0.2, 0.25) is 0 Å². The summed E-state index contributed by atoms with van der Waals surface area (Å²) in [5.74, 6) is 1.31. The maximum absolute atomic E-state index is 12.6. The normalized spacial score (nSPS) is 18.7. The Morgan fingerprint density at radius 3 is 2.74 bits per heavy atom. The summed E-state index contributed by atoms with van der Waals surface area (Å²) < 4.78 is 5.75. The summed E-state index contributed by atoms with van der Waals surface area (Å²) in [7, 11) is 0. The molecule has 0 bridgehead atoms. The van der Waals surface area contributed by atoms with Crippen LogP contribution in [-0.4, -0.2) is 24.0 Å². The van der Waals surface area contributed by atoms with Gasteiger partial charge in [0.1, 0.15) is 12.4 Å². The van der Waals surface area contributed by atoms with E-state index >= 15 is 0 Å². The fourth-order valence-electron chi connectivity index (χ4n) is 2.75. The molecule has 0 aliphatic carbocycles. The number of benzene rings is 1. The molecule has 3 heteroatoms. The monoisotopic (exact) mass is 261 g/mol. The molecule has 0 fully saturated rings. The van der Waals surface area contributed by atoms with Crippen molar-refractivity contribution in [1.82, 2.24) is 4.90 Å². The number of ether oxygens (including phenoxy) is 1. The minimum absolute atomic E-state index is 0.0896. The quantitative estimate of drug-likeness (QED) is 0.834. The van der Waals surface area contributed by atoms with Crippen molar-refractivity contribution in [3.05, 3.63) is 29.8 Å². The van der Waals surface area contributed by atoms with Crippen LogP contribution in [-0.2, 0) is 4.79 Å². The lowest BCUT2D eigenvalue weighted by Gasteiger charge is -2.30. The molecule has 1 amide bonds. The molecule has 0 N–H and O–H groups in total. The molecule has 0 saturated heterocycles. The maximum atomic E-state index is 12.6. The van der Waals surface area contributed by atoms with Gasteiger partial charge in [-0.25, -0.2) is 0 Å². The van der Waals surface area contributed by atoms with Crippen molar-refractivity contribution in [2.75, 3.05) is 13.2 Å². The number of rotatable bonds is 3. The summed E-state index contributed by atoms with van der Waals surface area (Å²) in [4.78, 5) is 14.6. The lowest BCUT2D eigenvalue weighted by atomic mass is 9.99. The number of para-hydroxylation sites is 1. The zero-order valence-corrected chi connectivity index (χ0v) is 12.1. The fourth-order valence-corrected chi connectivity index (χ4v) is 2.75. The summed E-state index contributed by atoms with van der Waals surface area (Å²) in [5.41, 5.74) is 1.11. The van der Waals surface area contributed by atoms with Crippen LogP contribution in [0.4, 0.5) is 0 Å². The molecule has 1 atom stereocenters. The van der Waals surface area contributed by atoms with E-state index in [1.54, 1.807) is 0 Å². The number of hydrogen-bond donors (Lipinski definition) is 0. The molecule has 1 aromatic rings. The average molecular weight is 261 g/mol. The number of hydrogen-bond acceptors (Lipinski definition) is 2. The van der Waals surface area contributed by atoms with Crippen LogP contribution in [0.15, 0.2) is 24.3 Å². The summed E-state index contributed by atoms with van der Waals surface area (Å²) in [5, 5.41) is 0. The first kappa shape index (κ1) is 13.9. The van der Waals surface area contributed by atoms with Gasteiger partial charge >= 0.3 is 0 Å². The minimum atomic E-state index is 0.0896. The Morgan fingerprint density at radius 2 is 2.05 bits per heavy atom. The van der Waals surface area contributed by atoms with Gasteiger partial charge in [0.15, 0.2) is 0 Å². The summed E-state index contributed by atoms with van der Waals surface area (Å²) >= 11 is 0. The molecule has 19 heavy (non-hydrogen) atoms. The van der Waals surface area contributed by atoms with Crippen molar-refractivity contribution in [2.45, 2.75) is 39.7 Å². The van der Waals surface area contributed by atoms with E-state index in [4.69, 9.17) is 4.74 Å². The molecule has 0 saturated carbocycles. The molecule has 1 aromatic carbocycles. The molecule has 2 rings (SSSR count). The Labute approximate surface area is 115 Å². The Balaban J connectivity index is 2.26. The van der Waals surface area contributed by atoms with E-state index in [9.17, 15) is 4.79 Å². The van der Waals surface area contributed by atoms with Crippen LogP contribution in [0, 0.1) is 5.92 Å². The second-order valence-electron chi connectivity index (χ2n) is 5.11. The van der Waals surface area contributed by atoms with Crippen LogP contribution >= 0.6 is 0 Å². The first-order valence-corrected chi connectivity index (χ1v) is 7.21. The van der Waals surface area contributed by atoms with Gasteiger partial charge in [-0.15, -0.1) is 0 Å². The predicted molar refractivity (Wildman–Crippen MR) is 76.1 cm³/mol. The fraction of sp³-hybridized carbons (Fsp3) is 0.562. The van der Waals surface area contributed by atoms with Crippen molar-refractivity contribution < 1.29 is 9.53 Å². The Bertz CT molecular complexity index is 440. The van der Waals surface area contributed by atoms with Crippen LogP contribution in [0.5, 0.6) is 5.75 Å². The SMILES string of the molecule is CCC(CC)C(=O)N1CCOc2ccccc2C1C. The summed E-state index contributed by atoms with van der Waals surface area (Å²) in [6.07, 6.45) is 1.81. The van der Waals surface area contributed by atoms with Crippen molar-refractivity contribution in [1.29, 1.82) is 0 Å². The zero-order valence-electron chi connectivity index (χ0n) is 12.1. The van der Waals surface area contributed by atoms with Crippen LogP contribution in [0.1, 0.15) is 45.2 Å². The van der Waals surface area contributed by atoms with E-state index < -0.39 is 0 Å². The molecule has 0 radical (unpaired) electrons. The smallest absolute Gasteiger partial charge is 0.226 e. The van der Waals surface area contributed by atoms with Gasteiger partial charge in [-0.05, 0) is 25.8 Å². The van der Waals surface area contributed by atoms with Crippen LogP contribution < -0.4 is 4.74 Å². The van der Waals surface area contributed by atoms with Crippen molar-refractivity contribution in [2.24, 2.45) is 5.92 Å². The number of carbonyl (C=O) groups excluding carboxylic acids is 1. The van der Waals surface area contributed by atoms with Crippen molar-refractivity contribution in [3.8, 4) is 5.75 Å². The third-order valence-electron chi connectivity index (χ3n) is 4.04. The third-order valence-corrected chi connectivity index (χ3v) is 4.04.